The molecule has 3 heterocycles. The molecule has 1 atom stereocenters. The molecule has 42 heavy (non-hydrogen) atoms. The molecule has 0 radical (unpaired) electrons. The van der Waals surface area contributed by atoms with Crippen molar-refractivity contribution in [3.8, 4) is 11.4 Å². The molecule has 1 aromatic carbocycles. The number of carbonyl (C=O) groups is 3. The van der Waals surface area contributed by atoms with Gasteiger partial charge in [-0.15, -0.1) is 10.2 Å². The van der Waals surface area contributed by atoms with Gasteiger partial charge >= 0.3 is 6.09 Å². The number of hydrogen-bond donors (Lipinski definition) is 2. The SMILES string of the molecule is COC(=O)Nc1cnc(-c2ccccc2)n(CC(=O)N[C@@H](C(=O)c2nnc(C(C)(C)c3ncccn3)o2)C(C)C)c1=O. The van der Waals surface area contributed by atoms with Crippen molar-refractivity contribution in [3.05, 3.63) is 82.9 Å². The Morgan fingerprint density at radius 2 is 1.71 bits per heavy atom. The van der Waals surface area contributed by atoms with Gasteiger partial charge in [-0.2, -0.15) is 0 Å². The van der Waals surface area contributed by atoms with E-state index in [9.17, 15) is 19.2 Å². The maximum absolute atomic E-state index is 13.4. The van der Waals surface area contributed by atoms with Crippen molar-refractivity contribution in [2.75, 3.05) is 12.4 Å². The number of anilines is 1. The molecular weight excluding hydrogens is 544 g/mol. The highest BCUT2D eigenvalue weighted by Gasteiger charge is 2.35. The number of aromatic nitrogens is 6. The number of carbonyl (C=O) groups excluding carboxylic acids is 3. The molecule has 0 aliphatic rings. The average Bonchev–Trinajstić information content (AvgIpc) is 3.50. The van der Waals surface area contributed by atoms with Gasteiger partial charge in [0.2, 0.25) is 17.6 Å². The lowest BCUT2D eigenvalue weighted by atomic mass is 9.92. The molecule has 0 aliphatic heterocycles. The number of Topliss-reactive ketones (excluding diaryl/α,β-unsaturated/α-hetero) is 1. The van der Waals surface area contributed by atoms with Gasteiger partial charge in [0.05, 0.1) is 19.3 Å². The number of rotatable bonds is 10. The average molecular weight is 575 g/mol. The molecule has 0 aliphatic carbocycles. The van der Waals surface area contributed by atoms with E-state index in [0.29, 0.717) is 11.4 Å². The Balaban J connectivity index is 1.60. The minimum atomic E-state index is -1.05. The van der Waals surface area contributed by atoms with E-state index in [4.69, 9.17) is 4.42 Å². The van der Waals surface area contributed by atoms with Crippen LogP contribution < -0.4 is 16.2 Å². The molecule has 4 rings (SSSR count). The first-order valence-electron chi connectivity index (χ1n) is 13.0. The number of ketones is 1. The van der Waals surface area contributed by atoms with Gasteiger partial charge in [0.25, 0.3) is 11.4 Å². The minimum absolute atomic E-state index is 0.130. The van der Waals surface area contributed by atoms with Crippen LogP contribution in [0.4, 0.5) is 10.5 Å². The summed E-state index contributed by atoms with van der Waals surface area (Å²) < 4.78 is 11.4. The van der Waals surface area contributed by atoms with Crippen LogP contribution >= 0.6 is 0 Å². The van der Waals surface area contributed by atoms with Crippen molar-refractivity contribution < 1.29 is 23.5 Å². The second-order valence-corrected chi connectivity index (χ2v) is 10.1. The number of methoxy groups -OCH3 is 1. The summed E-state index contributed by atoms with van der Waals surface area (Å²) in [6.07, 6.45) is 3.49. The lowest BCUT2D eigenvalue weighted by Crippen LogP contribution is -2.46. The Morgan fingerprint density at radius 3 is 2.36 bits per heavy atom. The molecule has 0 saturated heterocycles. The summed E-state index contributed by atoms with van der Waals surface area (Å²) in [6.45, 7) is 6.55. The van der Waals surface area contributed by atoms with Crippen LogP contribution in [0.25, 0.3) is 11.4 Å². The fourth-order valence-electron chi connectivity index (χ4n) is 4.03. The molecule has 0 saturated carbocycles. The monoisotopic (exact) mass is 574 g/mol. The predicted molar refractivity (Wildman–Crippen MR) is 150 cm³/mol. The van der Waals surface area contributed by atoms with Crippen molar-refractivity contribution in [2.45, 2.75) is 45.7 Å². The zero-order valence-electron chi connectivity index (χ0n) is 23.7. The van der Waals surface area contributed by atoms with Crippen molar-refractivity contribution in [2.24, 2.45) is 5.92 Å². The van der Waals surface area contributed by atoms with Gasteiger partial charge in [-0.25, -0.2) is 19.7 Å². The van der Waals surface area contributed by atoms with Gasteiger partial charge in [-0.3, -0.25) is 24.3 Å². The first kappa shape index (κ1) is 29.7. The Morgan fingerprint density at radius 1 is 1.02 bits per heavy atom. The number of ether oxygens (including phenoxy) is 1. The number of nitrogens with zero attached hydrogens (tertiary/aromatic N) is 6. The number of benzene rings is 1. The third-order valence-corrected chi connectivity index (χ3v) is 6.36. The molecule has 3 aromatic heterocycles. The molecule has 218 valence electrons. The van der Waals surface area contributed by atoms with Crippen LogP contribution in [0.2, 0.25) is 0 Å². The fraction of sp³-hybridized carbons (Fsp3) is 0.321. The largest absolute Gasteiger partial charge is 0.453 e. The molecule has 14 nitrogen and oxygen atoms in total. The second-order valence-electron chi connectivity index (χ2n) is 10.1. The van der Waals surface area contributed by atoms with Crippen LogP contribution in [0, 0.1) is 5.92 Å². The third-order valence-electron chi connectivity index (χ3n) is 6.36. The molecule has 0 spiro atoms. The lowest BCUT2D eigenvalue weighted by molar-refractivity contribution is -0.122. The van der Waals surface area contributed by atoms with Crippen molar-refractivity contribution in [1.29, 1.82) is 0 Å². The summed E-state index contributed by atoms with van der Waals surface area (Å²) in [5.74, 6) is -1.18. The Labute approximate surface area is 240 Å². The third kappa shape index (κ3) is 6.37. The molecular formula is C28H30N8O6. The van der Waals surface area contributed by atoms with Gasteiger partial charge in [-0.1, -0.05) is 44.2 Å². The molecule has 0 fully saturated rings. The first-order valence-corrected chi connectivity index (χ1v) is 13.0. The highest BCUT2D eigenvalue weighted by Crippen LogP contribution is 2.27. The molecule has 0 unspecified atom stereocenters. The highest BCUT2D eigenvalue weighted by atomic mass is 16.5. The highest BCUT2D eigenvalue weighted by molar-refractivity contribution is 5.98. The van der Waals surface area contributed by atoms with E-state index in [2.05, 4.69) is 40.5 Å². The number of nitrogens with one attached hydrogen (secondary N) is 2. The molecule has 2 N–H and O–H groups in total. The van der Waals surface area contributed by atoms with E-state index in [1.165, 1.54) is 6.20 Å². The molecule has 0 bridgehead atoms. The van der Waals surface area contributed by atoms with Crippen LogP contribution in [0.1, 0.15) is 50.1 Å². The van der Waals surface area contributed by atoms with Crippen LogP contribution in [0.5, 0.6) is 0 Å². The number of hydrogen-bond acceptors (Lipinski definition) is 11. The summed E-state index contributed by atoms with van der Waals surface area (Å²) in [6, 6.07) is 9.37. The van der Waals surface area contributed by atoms with Crippen LogP contribution in [-0.2, 0) is 21.5 Å². The van der Waals surface area contributed by atoms with Gasteiger partial charge in [0.1, 0.15) is 29.3 Å². The number of amides is 2. The topological polar surface area (TPSA) is 184 Å². The Hall–Kier alpha value is -5.27. The van der Waals surface area contributed by atoms with Crippen LogP contribution in [0.3, 0.4) is 0 Å². The Bertz CT molecular complexity index is 1630. The van der Waals surface area contributed by atoms with Gasteiger partial charge < -0.3 is 14.5 Å². The summed E-state index contributed by atoms with van der Waals surface area (Å²) in [4.78, 5) is 64.6. The smallest absolute Gasteiger partial charge is 0.411 e. The normalized spacial score (nSPS) is 12.0. The van der Waals surface area contributed by atoms with Crippen molar-refractivity contribution >= 4 is 23.5 Å². The van der Waals surface area contributed by atoms with E-state index >= 15 is 0 Å². The van der Waals surface area contributed by atoms with E-state index in [1.54, 1.807) is 76.5 Å². The summed E-state index contributed by atoms with van der Waals surface area (Å²) in [5.41, 5.74) is -1.20. The van der Waals surface area contributed by atoms with Crippen molar-refractivity contribution in [1.82, 2.24) is 35.0 Å². The Kier molecular flexibility index (Phi) is 8.84. The maximum atomic E-state index is 13.4. The molecule has 2 amide bonds. The summed E-state index contributed by atoms with van der Waals surface area (Å²) in [7, 11) is 1.15. The summed E-state index contributed by atoms with van der Waals surface area (Å²) >= 11 is 0. The lowest BCUT2D eigenvalue weighted by Gasteiger charge is -2.21. The zero-order chi connectivity index (χ0) is 30.4. The molecule has 4 aromatic rings. The van der Waals surface area contributed by atoms with E-state index in [-0.39, 0.29) is 29.2 Å². The standard InChI is InChI=1S/C28H30N8O6/c1-16(2)20(21(38)23-34-35-26(42-23)28(3,4)25-29-12-9-13-30-25)33-19(37)15-36-22(17-10-7-6-8-11-17)31-14-18(24(36)39)32-27(40)41-5/h6-14,16,20H,15H2,1-5H3,(H,32,40)(H,33,37)/t20-/m1/s1. The predicted octanol–water partition coefficient (Wildman–Crippen LogP) is 2.61. The van der Waals surface area contributed by atoms with Crippen molar-refractivity contribution in [3.63, 3.8) is 0 Å². The van der Waals surface area contributed by atoms with Gasteiger partial charge in [0.15, 0.2) is 0 Å². The minimum Gasteiger partial charge on any atom is -0.453 e. The summed E-state index contributed by atoms with van der Waals surface area (Å²) in [5, 5.41) is 12.9. The quantitative estimate of drug-likeness (QED) is 0.265. The molecule has 14 heteroatoms. The van der Waals surface area contributed by atoms with E-state index < -0.39 is 41.3 Å². The van der Waals surface area contributed by atoms with E-state index in [0.717, 1.165) is 11.7 Å². The second kappa shape index (κ2) is 12.5. The van der Waals surface area contributed by atoms with Crippen LogP contribution in [-0.4, -0.2) is 60.7 Å². The van der Waals surface area contributed by atoms with Gasteiger partial charge in [0, 0.05) is 18.0 Å². The maximum Gasteiger partial charge on any atom is 0.411 e. The van der Waals surface area contributed by atoms with Crippen LogP contribution in [0.15, 0.2) is 64.2 Å². The van der Waals surface area contributed by atoms with Gasteiger partial charge in [-0.05, 0) is 25.8 Å². The zero-order valence-corrected chi connectivity index (χ0v) is 23.7. The van der Waals surface area contributed by atoms with E-state index in [1.807, 2.05) is 0 Å². The fourth-order valence-corrected chi connectivity index (χ4v) is 4.03. The first-order chi connectivity index (χ1) is 20.0.